The number of hydrogen-bond donors (Lipinski definition) is 1. The van der Waals surface area contributed by atoms with Gasteiger partial charge in [0.2, 0.25) is 0 Å². The van der Waals surface area contributed by atoms with Gasteiger partial charge in [0.15, 0.2) is 12.4 Å². The van der Waals surface area contributed by atoms with Gasteiger partial charge in [-0.2, -0.15) is 0 Å². The molecule has 0 spiro atoms. The van der Waals surface area contributed by atoms with Crippen molar-refractivity contribution >= 4 is 19.8 Å². The van der Waals surface area contributed by atoms with Crippen LogP contribution in [0.3, 0.4) is 0 Å². The molecule has 1 aliphatic rings. The van der Waals surface area contributed by atoms with Crippen molar-refractivity contribution in [1.82, 2.24) is 9.97 Å². The van der Waals surface area contributed by atoms with Crippen LogP contribution in [0.5, 0.6) is 5.88 Å². The number of carbonyl (C=O) groups excluding carboxylic acids is 1. The van der Waals surface area contributed by atoms with Crippen LogP contribution in [-0.2, 0) is 4.79 Å². The zero-order chi connectivity index (χ0) is 12.5. The maximum Gasteiger partial charge on any atom is 0.263 e. The summed E-state index contributed by atoms with van der Waals surface area (Å²) >= 11 is 0. The molecule has 2 heterocycles. The molecule has 1 aromatic rings. The highest BCUT2D eigenvalue weighted by Gasteiger charge is 2.18. The number of amides is 1. The normalized spacial score (nSPS) is 13.9. The van der Waals surface area contributed by atoms with Crippen molar-refractivity contribution in [3.8, 4) is 17.3 Å². The highest BCUT2D eigenvalue weighted by atomic mass is 28.3. The molecule has 0 saturated heterocycles. The number of ether oxygens (including phenoxy) is 1. The van der Waals surface area contributed by atoms with Gasteiger partial charge < -0.3 is 10.1 Å². The van der Waals surface area contributed by atoms with Crippen LogP contribution in [0.4, 0.5) is 5.82 Å². The molecular formula is C11H13N3O2Si. The molecule has 1 amide bonds. The third-order valence-electron chi connectivity index (χ3n) is 1.90. The van der Waals surface area contributed by atoms with Crippen LogP contribution in [0.15, 0.2) is 6.20 Å². The molecule has 0 aromatic carbocycles. The highest BCUT2D eigenvalue weighted by Crippen LogP contribution is 2.21. The first kappa shape index (κ1) is 11.6. The second-order valence-corrected chi connectivity index (χ2v) is 9.50. The van der Waals surface area contributed by atoms with Crippen molar-refractivity contribution in [3.05, 3.63) is 11.9 Å². The summed E-state index contributed by atoms with van der Waals surface area (Å²) in [5, 5.41) is 2.60. The Bertz CT molecular complexity index is 526. The zero-order valence-electron chi connectivity index (χ0n) is 10.00. The summed E-state index contributed by atoms with van der Waals surface area (Å²) in [4.78, 5) is 19.4. The van der Waals surface area contributed by atoms with Gasteiger partial charge in [-0.1, -0.05) is 25.6 Å². The van der Waals surface area contributed by atoms with Crippen molar-refractivity contribution in [2.24, 2.45) is 0 Å². The van der Waals surface area contributed by atoms with E-state index in [0.29, 0.717) is 17.4 Å². The molecule has 0 atom stereocenters. The van der Waals surface area contributed by atoms with Gasteiger partial charge in [-0.3, -0.25) is 4.79 Å². The third-order valence-corrected chi connectivity index (χ3v) is 2.78. The lowest BCUT2D eigenvalue weighted by atomic mass is 10.4. The van der Waals surface area contributed by atoms with E-state index >= 15 is 0 Å². The predicted octanol–water partition coefficient (Wildman–Crippen LogP) is 1.04. The Hall–Kier alpha value is -1.87. The van der Waals surface area contributed by atoms with E-state index in [2.05, 4.69) is 46.4 Å². The summed E-state index contributed by atoms with van der Waals surface area (Å²) in [6.45, 7) is 6.44. The average molecular weight is 247 g/mol. The van der Waals surface area contributed by atoms with Crippen LogP contribution < -0.4 is 10.1 Å². The van der Waals surface area contributed by atoms with Crippen molar-refractivity contribution in [2.75, 3.05) is 11.9 Å². The first-order chi connectivity index (χ1) is 7.94. The largest absolute Gasteiger partial charge is 0.465 e. The van der Waals surface area contributed by atoms with Crippen molar-refractivity contribution < 1.29 is 9.53 Å². The summed E-state index contributed by atoms with van der Waals surface area (Å²) in [5.41, 5.74) is 3.74. The Morgan fingerprint density at radius 2 is 2.24 bits per heavy atom. The molecule has 0 unspecified atom stereocenters. The molecule has 88 valence electrons. The number of aromatic nitrogens is 2. The topological polar surface area (TPSA) is 64.1 Å². The molecule has 6 heteroatoms. The van der Waals surface area contributed by atoms with Crippen LogP contribution in [0.1, 0.15) is 5.69 Å². The number of nitrogens with zero attached hydrogens (tertiary/aromatic N) is 2. The number of hydrogen-bond acceptors (Lipinski definition) is 4. The Balaban J connectivity index is 2.29. The summed E-state index contributed by atoms with van der Waals surface area (Å²) in [7, 11) is -1.44. The van der Waals surface area contributed by atoms with Gasteiger partial charge in [0.25, 0.3) is 11.8 Å². The van der Waals surface area contributed by atoms with Gasteiger partial charge in [0, 0.05) is 0 Å². The van der Waals surface area contributed by atoms with Crippen LogP contribution in [-0.4, -0.2) is 30.6 Å². The van der Waals surface area contributed by atoms with Crippen molar-refractivity contribution in [3.63, 3.8) is 0 Å². The molecule has 1 aliphatic heterocycles. The highest BCUT2D eigenvalue weighted by molar-refractivity contribution is 6.83. The molecule has 5 nitrogen and oxygen atoms in total. The zero-order valence-corrected chi connectivity index (χ0v) is 11.0. The fraction of sp³-hybridized carbons (Fsp3) is 0.364. The Morgan fingerprint density at radius 3 is 2.94 bits per heavy atom. The molecule has 0 aliphatic carbocycles. The van der Waals surface area contributed by atoms with E-state index in [1.807, 2.05) is 0 Å². The Morgan fingerprint density at radius 1 is 1.47 bits per heavy atom. The van der Waals surface area contributed by atoms with Crippen molar-refractivity contribution in [1.29, 1.82) is 0 Å². The van der Waals surface area contributed by atoms with Gasteiger partial charge in [-0.05, 0) is 0 Å². The second-order valence-electron chi connectivity index (χ2n) is 4.75. The molecule has 0 fully saturated rings. The van der Waals surface area contributed by atoms with Gasteiger partial charge in [-0.15, -0.1) is 5.54 Å². The van der Waals surface area contributed by atoms with Crippen LogP contribution in [0, 0.1) is 11.5 Å². The molecule has 0 saturated carbocycles. The predicted molar refractivity (Wildman–Crippen MR) is 66.4 cm³/mol. The lowest BCUT2D eigenvalue weighted by Gasteiger charge is -2.15. The molecular weight excluding hydrogens is 234 g/mol. The monoisotopic (exact) mass is 247 g/mol. The SMILES string of the molecule is C[Si](C)(C)C#Cc1cnc2c(n1)NC(=O)CO2. The van der Waals surface area contributed by atoms with E-state index in [0.717, 1.165) is 0 Å². The van der Waals surface area contributed by atoms with Gasteiger partial charge in [0.05, 0.1) is 6.20 Å². The van der Waals surface area contributed by atoms with Gasteiger partial charge in [-0.25, -0.2) is 9.97 Å². The molecule has 2 rings (SSSR count). The molecule has 0 bridgehead atoms. The summed E-state index contributed by atoms with van der Waals surface area (Å²) in [5.74, 6) is 3.46. The van der Waals surface area contributed by atoms with E-state index in [-0.39, 0.29) is 12.5 Å². The molecule has 1 aromatic heterocycles. The molecule has 1 N–H and O–H groups in total. The summed E-state index contributed by atoms with van der Waals surface area (Å²) in [6.07, 6.45) is 1.56. The van der Waals surface area contributed by atoms with E-state index in [9.17, 15) is 4.79 Å². The molecule has 0 radical (unpaired) electrons. The number of nitrogens with one attached hydrogen (secondary N) is 1. The Labute approximate surface area is 101 Å². The fourth-order valence-electron chi connectivity index (χ4n) is 1.18. The number of rotatable bonds is 0. The van der Waals surface area contributed by atoms with E-state index in [1.54, 1.807) is 6.20 Å². The summed E-state index contributed by atoms with van der Waals surface area (Å²) < 4.78 is 5.11. The van der Waals surface area contributed by atoms with Crippen LogP contribution in [0.2, 0.25) is 19.6 Å². The first-order valence-corrected chi connectivity index (χ1v) is 8.77. The minimum absolute atomic E-state index is 0.0123. The molecule has 17 heavy (non-hydrogen) atoms. The first-order valence-electron chi connectivity index (χ1n) is 5.27. The maximum absolute atomic E-state index is 11.1. The smallest absolute Gasteiger partial charge is 0.263 e. The standard InChI is InChI=1S/C11H13N3O2Si/c1-17(2,3)5-4-8-6-12-11-10(13-8)14-9(15)7-16-11/h6H,7H2,1-3H3,(H,13,14,15). The van der Waals surface area contributed by atoms with Crippen molar-refractivity contribution in [2.45, 2.75) is 19.6 Å². The third kappa shape index (κ3) is 3.04. The van der Waals surface area contributed by atoms with Crippen LogP contribution in [0.25, 0.3) is 0 Å². The number of carbonyl (C=O) groups is 1. The average Bonchev–Trinajstić information content (AvgIpc) is 2.24. The second kappa shape index (κ2) is 4.18. The van der Waals surface area contributed by atoms with Crippen LogP contribution >= 0.6 is 0 Å². The Kier molecular flexibility index (Phi) is 2.86. The van der Waals surface area contributed by atoms with E-state index < -0.39 is 8.07 Å². The van der Waals surface area contributed by atoms with Gasteiger partial charge >= 0.3 is 0 Å². The van der Waals surface area contributed by atoms with Gasteiger partial charge in [0.1, 0.15) is 13.8 Å². The fourth-order valence-corrected chi connectivity index (χ4v) is 1.68. The number of anilines is 1. The maximum atomic E-state index is 11.1. The summed E-state index contributed by atoms with van der Waals surface area (Å²) in [6, 6.07) is 0. The minimum Gasteiger partial charge on any atom is -0.465 e. The van der Waals surface area contributed by atoms with E-state index in [1.165, 1.54) is 0 Å². The number of fused-ring (bicyclic) bond motifs is 1. The van der Waals surface area contributed by atoms with E-state index in [4.69, 9.17) is 4.74 Å². The lowest BCUT2D eigenvalue weighted by Crippen LogP contribution is -2.27. The lowest BCUT2D eigenvalue weighted by molar-refractivity contribution is -0.118. The quantitative estimate of drug-likeness (QED) is 0.549. The minimum atomic E-state index is -1.44.